The lowest BCUT2D eigenvalue weighted by atomic mass is 10.0. The average Bonchev–Trinajstić information content (AvgIpc) is 0.909. The Bertz CT molecular complexity index is 2040. The van der Waals surface area contributed by atoms with Crippen LogP contribution in [0.5, 0.6) is 0 Å². The van der Waals surface area contributed by atoms with Gasteiger partial charge in [0.25, 0.3) is 0 Å². The number of aliphatic hydroxyl groups excluding tert-OH is 1. The highest BCUT2D eigenvalue weighted by molar-refractivity contribution is 7.47. The van der Waals surface area contributed by atoms with Gasteiger partial charge in [0, 0.05) is 25.7 Å². The second kappa shape index (κ2) is 75.4. The number of carbonyl (C=O) groups excluding carboxylic acids is 4. The van der Waals surface area contributed by atoms with Gasteiger partial charge in [0.05, 0.1) is 26.4 Å². The van der Waals surface area contributed by atoms with Crippen molar-refractivity contribution in [1.82, 2.24) is 0 Å². The number of hydrogen-bond acceptors (Lipinski definition) is 15. The second-order valence-electron chi connectivity index (χ2n) is 29.7. The summed E-state index contributed by atoms with van der Waals surface area (Å²) in [5.74, 6) is -1.34. The third-order valence-corrected chi connectivity index (χ3v) is 20.8. The van der Waals surface area contributed by atoms with Crippen molar-refractivity contribution in [3.05, 3.63) is 24.3 Å². The summed E-state index contributed by atoms with van der Waals surface area (Å²) in [6.07, 6.45) is 70.1. The number of rotatable bonds is 81. The highest BCUT2D eigenvalue weighted by Gasteiger charge is 2.30. The number of esters is 4. The van der Waals surface area contributed by atoms with Crippen LogP contribution in [-0.2, 0) is 65.4 Å². The minimum Gasteiger partial charge on any atom is -0.462 e. The monoisotopic (exact) mass is 1490 g/mol. The van der Waals surface area contributed by atoms with Gasteiger partial charge in [-0.25, -0.2) is 9.13 Å². The van der Waals surface area contributed by atoms with Crippen LogP contribution in [0.25, 0.3) is 0 Å². The van der Waals surface area contributed by atoms with Crippen LogP contribution in [0.15, 0.2) is 24.3 Å². The summed E-state index contributed by atoms with van der Waals surface area (Å²) in [5.41, 5.74) is 0. The molecule has 0 heterocycles. The molecule has 0 aromatic rings. The van der Waals surface area contributed by atoms with Gasteiger partial charge >= 0.3 is 39.5 Å². The van der Waals surface area contributed by atoms with E-state index in [1.165, 1.54) is 231 Å². The first-order valence-electron chi connectivity index (χ1n) is 42.5. The molecule has 0 rings (SSSR count). The molecule has 602 valence electrons. The third kappa shape index (κ3) is 75.8. The van der Waals surface area contributed by atoms with Gasteiger partial charge in [-0.1, -0.05) is 367 Å². The largest absolute Gasteiger partial charge is 0.472 e. The molecule has 102 heavy (non-hydrogen) atoms. The van der Waals surface area contributed by atoms with E-state index in [4.69, 9.17) is 37.0 Å². The molecule has 0 saturated heterocycles. The van der Waals surface area contributed by atoms with E-state index in [2.05, 4.69) is 58.9 Å². The van der Waals surface area contributed by atoms with Crippen molar-refractivity contribution in [2.75, 3.05) is 39.6 Å². The van der Waals surface area contributed by atoms with Crippen LogP contribution in [0, 0.1) is 5.92 Å². The number of unbranched alkanes of at least 4 members (excludes halogenated alkanes) is 50. The Hall–Kier alpha value is -2.46. The van der Waals surface area contributed by atoms with Gasteiger partial charge in [0.1, 0.15) is 19.3 Å². The molecule has 0 radical (unpaired) electrons. The van der Waals surface area contributed by atoms with Crippen LogP contribution in [0.1, 0.15) is 420 Å². The molecule has 17 nitrogen and oxygen atoms in total. The minimum atomic E-state index is -4.97. The first kappa shape index (κ1) is 99.5. The van der Waals surface area contributed by atoms with Gasteiger partial charge in [-0.2, -0.15) is 0 Å². The molecule has 5 atom stereocenters. The number of phosphoric ester groups is 2. The highest BCUT2D eigenvalue weighted by atomic mass is 31.2. The fourth-order valence-electron chi connectivity index (χ4n) is 12.4. The molecule has 0 bridgehead atoms. The van der Waals surface area contributed by atoms with Gasteiger partial charge in [-0.15, -0.1) is 0 Å². The lowest BCUT2D eigenvalue weighted by Crippen LogP contribution is -2.30. The van der Waals surface area contributed by atoms with Crippen LogP contribution in [0.2, 0.25) is 0 Å². The lowest BCUT2D eigenvalue weighted by Gasteiger charge is -2.21. The zero-order valence-corrected chi connectivity index (χ0v) is 68.0. The molecule has 2 unspecified atom stereocenters. The SMILES string of the molecule is CCCCCC/C=C\C=C/CCCCCCCC(=O)O[C@H](COC(=O)CCCCCCCCCCCCCC)COP(=O)(O)OC[C@H](O)COP(=O)(O)OC[C@@H](COC(=O)CCCCCCCCCCCCCCCC(C)C)OC(=O)CCCCCCCCCCCCCCCCCCCCC. The Morgan fingerprint density at radius 1 is 0.304 bits per heavy atom. The van der Waals surface area contributed by atoms with Crippen molar-refractivity contribution in [3.63, 3.8) is 0 Å². The van der Waals surface area contributed by atoms with Gasteiger partial charge < -0.3 is 33.8 Å². The molecule has 0 amide bonds. The molecule has 0 spiro atoms. The first-order chi connectivity index (χ1) is 49.5. The van der Waals surface area contributed by atoms with Crippen molar-refractivity contribution >= 4 is 39.5 Å². The van der Waals surface area contributed by atoms with E-state index in [-0.39, 0.29) is 25.7 Å². The van der Waals surface area contributed by atoms with Crippen molar-refractivity contribution in [3.8, 4) is 0 Å². The predicted molar refractivity (Wildman–Crippen MR) is 418 cm³/mol. The number of allylic oxidation sites excluding steroid dienone is 4. The summed E-state index contributed by atoms with van der Waals surface area (Å²) >= 11 is 0. The van der Waals surface area contributed by atoms with E-state index in [1.54, 1.807) is 0 Å². The van der Waals surface area contributed by atoms with E-state index in [0.717, 1.165) is 109 Å². The predicted octanol–water partition coefficient (Wildman–Crippen LogP) is 24.8. The molecule has 0 aliphatic heterocycles. The van der Waals surface area contributed by atoms with Crippen molar-refractivity contribution in [1.29, 1.82) is 0 Å². The van der Waals surface area contributed by atoms with Gasteiger partial charge in [0.2, 0.25) is 0 Å². The summed E-state index contributed by atoms with van der Waals surface area (Å²) in [7, 11) is -9.94. The Labute approximate surface area is 624 Å². The average molecular weight is 1490 g/mol. The second-order valence-corrected chi connectivity index (χ2v) is 32.6. The lowest BCUT2D eigenvalue weighted by molar-refractivity contribution is -0.161. The molecule has 0 fully saturated rings. The topological polar surface area (TPSA) is 237 Å². The van der Waals surface area contributed by atoms with E-state index in [1.807, 2.05) is 0 Å². The summed E-state index contributed by atoms with van der Waals surface area (Å²) in [5, 5.41) is 10.7. The van der Waals surface area contributed by atoms with E-state index < -0.39 is 97.5 Å². The molecular formula is C83H158O17P2. The molecular weight excluding hydrogens is 1330 g/mol. The summed E-state index contributed by atoms with van der Waals surface area (Å²) in [4.78, 5) is 73.1. The molecule has 0 aliphatic rings. The van der Waals surface area contributed by atoms with E-state index >= 15 is 0 Å². The fourth-order valence-corrected chi connectivity index (χ4v) is 14.0. The van der Waals surface area contributed by atoms with Crippen molar-refractivity contribution in [2.45, 2.75) is 438 Å². The van der Waals surface area contributed by atoms with Gasteiger partial charge in [-0.3, -0.25) is 37.3 Å². The minimum absolute atomic E-state index is 0.0858. The quantitative estimate of drug-likeness (QED) is 0.0169. The maximum absolute atomic E-state index is 13.1. The molecule has 19 heteroatoms. The summed E-state index contributed by atoms with van der Waals surface area (Å²) < 4.78 is 68.8. The maximum atomic E-state index is 13.1. The number of phosphoric acid groups is 2. The molecule has 0 aliphatic carbocycles. The number of aliphatic hydroxyl groups is 1. The number of ether oxygens (including phenoxy) is 4. The Kier molecular flexibility index (Phi) is 73.5. The normalized spacial score (nSPS) is 14.0. The number of hydrogen-bond donors (Lipinski definition) is 3. The van der Waals surface area contributed by atoms with E-state index in [0.29, 0.717) is 25.7 Å². The summed E-state index contributed by atoms with van der Waals surface area (Å²) in [6, 6.07) is 0. The first-order valence-corrected chi connectivity index (χ1v) is 45.4. The van der Waals surface area contributed by atoms with Crippen LogP contribution < -0.4 is 0 Å². The van der Waals surface area contributed by atoms with Gasteiger partial charge in [-0.05, 0) is 57.3 Å². The third-order valence-electron chi connectivity index (χ3n) is 18.9. The molecule has 0 aromatic heterocycles. The zero-order valence-electron chi connectivity index (χ0n) is 66.2. The standard InChI is InChI=1S/C83H158O17P2/c1-6-9-12-15-18-21-24-27-29-30-31-32-34-38-44-49-54-59-64-69-83(88)100-79(73-94-81(86)67-62-57-52-47-42-39-35-36-40-45-50-55-60-65-76(4)5)75-98-102(91,92)96-71-77(84)70-95-101(89,90)97-74-78(72-93-80(85)66-61-56-51-46-41-26-23-20-17-14-11-8-3)99-82(87)68-63-58-53-48-43-37-33-28-25-22-19-16-13-10-7-2/h22,25,28,33,76-79,84H,6-21,23-24,26-27,29-32,34-75H2,1-5H3,(H,89,90)(H,91,92)/b25-22-,33-28-/t77-,78+,79+/m0/s1. The van der Waals surface area contributed by atoms with Crippen molar-refractivity contribution in [2.24, 2.45) is 5.92 Å². The Morgan fingerprint density at radius 3 is 0.804 bits per heavy atom. The molecule has 3 N–H and O–H groups in total. The highest BCUT2D eigenvalue weighted by Crippen LogP contribution is 2.45. The maximum Gasteiger partial charge on any atom is 0.472 e. The fraction of sp³-hybridized carbons (Fsp3) is 0.904. The Morgan fingerprint density at radius 2 is 0.529 bits per heavy atom. The van der Waals surface area contributed by atoms with Gasteiger partial charge in [0.15, 0.2) is 12.2 Å². The zero-order chi connectivity index (χ0) is 74.8. The number of carbonyl (C=O) groups is 4. The van der Waals surface area contributed by atoms with Crippen LogP contribution in [0.4, 0.5) is 0 Å². The summed E-state index contributed by atoms with van der Waals surface area (Å²) in [6.45, 7) is 7.30. The van der Waals surface area contributed by atoms with Crippen LogP contribution in [-0.4, -0.2) is 96.7 Å². The Balaban J connectivity index is 5.29. The van der Waals surface area contributed by atoms with Crippen LogP contribution in [0.3, 0.4) is 0 Å². The smallest absolute Gasteiger partial charge is 0.462 e. The van der Waals surface area contributed by atoms with Crippen molar-refractivity contribution < 1.29 is 80.2 Å². The van der Waals surface area contributed by atoms with Crippen LogP contribution >= 0.6 is 15.6 Å². The molecule has 0 aromatic carbocycles. The molecule has 0 saturated carbocycles. The van der Waals surface area contributed by atoms with E-state index in [9.17, 15) is 43.2 Å².